The Labute approximate surface area is 201 Å². The Morgan fingerprint density at radius 2 is 1.67 bits per heavy atom. The Kier molecular flexibility index (Phi) is 9.01. The van der Waals surface area contributed by atoms with Crippen LogP contribution in [0.3, 0.4) is 0 Å². The lowest BCUT2D eigenvalue weighted by Crippen LogP contribution is -2.50. The van der Waals surface area contributed by atoms with E-state index in [-0.39, 0.29) is 17.9 Å². The van der Waals surface area contributed by atoms with Gasteiger partial charge >= 0.3 is 0 Å². The molecule has 0 radical (unpaired) electrons. The van der Waals surface area contributed by atoms with Gasteiger partial charge in [0.25, 0.3) is 0 Å². The van der Waals surface area contributed by atoms with E-state index in [9.17, 15) is 9.59 Å². The Hall–Kier alpha value is -2.73. The number of halogens is 1. The summed E-state index contributed by atoms with van der Waals surface area (Å²) in [6.45, 7) is 7.34. The number of nitrogens with one attached hydrogen (secondary N) is 1. The lowest BCUT2D eigenvalue weighted by atomic mass is 10.0. The second kappa shape index (κ2) is 11.9. The molecule has 2 aromatic carbocycles. The second-order valence-electron chi connectivity index (χ2n) is 8.37. The van der Waals surface area contributed by atoms with Crippen molar-refractivity contribution in [3.63, 3.8) is 0 Å². The first-order valence-corrected chi connectivity index (χ1v) is 12.0. The number of carbonyl (C=O) groups is 2. The van der Waals surface area contributed by atoms with E-state index >= 15 is 0 Å². The lowest BCUT2D eigenvalue weighted by molar-refractivity contribution is -0.141. The first kappa shape index (κ1) is 24.9. The normalized spacial score (nSPS) is 14.3. The van der Waals surface area contributed by atoms with Crippen LogP contribution in [-0.2, 0) is 22.6 Å². The minimum Gasteiger partial charge on any atom is -0.486 e. The molecule has 0 saturated heterocycles. The molecule has 1 heterocycles. The number of fused-ring (bicyclic) bond motifs is 1. The van der Waals surface area contributed by atoms with Crippen LogP contribution in [0, 0.1) is 0 Å². The summed E-state index contributed by atoms with van der Waals surface area (Å²) in [5.41, 5.74) is 1.93. The van der Waals surface area contributed by atoms with Crippen molar-refractivity contribution in [1.29, 1.82) is 0 Å². The average Bonchev–Trinajstić information content (AvgIpc) is 2.83. The van der Waals surface area contributed by atoms with E-state index < -0.39 is 6.04 Å². The van der Waals surface area contributed by atoms with Gasteiger partial charge in [0.05, 0.1) is 0 Å². The minimum atomic E-state index is -0.539. The summed E-state index contributed by atoms with van der Waals surface area (Å²) in [6.07, 6.45) is 2.21. The number of amides is 2. The third-order valence-electron chi connectivity index (χ3n) is 5.89. The summed E-state index contributed by atoms with van der Waals surface area (Å²) >= 11 is 6.03. The molecular weight excluding hydrogens is 440 g/mol. The fraction of sp³-hybridized carbons (Fsp3) is 0.462. The van der Waals surface area contributed by atoms with Gasteiger partial charge in [0.1, 0.15) is 19.3 Å². The van der Waals surface area contributed by atoms with E-state index in [0.717, 1.165) is 23.3 Å². The van der Waals surface area contributed by atoms with Gasteiger partial charge in [0.15, 0.2) is 11.5 Å². The van der Waals surface area contributed by atoms with Crippen molar-refractivity contribution in [2.75, 3.05) is 13.2 Å². The highest BCUT2D eigenvalue weighted by Crippen LogP contribution is 2.31. The summed E-state index contributed by atoms with van der Waals surface area (Å²) in [4.78, 5) is 28.1. The SMILES string of the molecule is CC[C@H](C)NC(=O)[C@H](CC)N(Cc1ccc(Cl)cc1)C(=O)CCc1ccc2c(c1)OCCO2. The summed E-state index contributed by atoms with van der Waals surface area (Å²) in [5.74, 6) is 1.26. The Morgan fingerprint density at radius 1 is 1.00 bits per heavy atom. The van der Waals surface area contributed by atoms with Crippen molar-refractivity contribution in [2.24, 2.45) is 0 Å². The minimum absolute atomic E-state index is 0.0525. The number of rotatable bonds is 10. The van der Waals surface area contributed by atoms with Crippen LogP contribution in [0.15, 0.2) is 42.5 Å². The highest BCUT2D eigenvalue weighted by molar-refractivity contribution is 6.30. The quantitative estimate of drug-likeness (QED) is 0.541. The summed E-state index contributed by atoms with van der Waals surface area (Å²) in [6, 6.07) is 12.7. The maximum Gasteiger partial charge on any atom is 0.243 e. The molecule has 2 aromatic rings. The van der Waals surface area contributed by atoms with E-state index in [4.69, 9.17) is 21.1 Å². The van der Waals surface area contributed by atoms with Crippen LogP contribution in [0.4, 0.5) is 0 Å². The molecule has 0 spiro atoms. The van der Waals surface area contributed by atoms with E-state index in [1.54, 1.807) is 17.0 Å². The molecule has 1 aliphatic rings. The van der Waals surface area contributed by atoms with Crippen LogP contribution < -0.4 is 14.8 Å². The second-order valence-corrected chi connectivity index (χ2v) is 8.80. The van der Waals surface area contributed by atoms with Crippen LogP contribution in [0.1, 0.15) is 51.2 Å². The zero-order valence-corrected chi connectivity index (χ0v) is 20.4. The molecule has 0 saturated carbocycles. The zero-order chi connectivity index (χ0) is 23.8. The molecule has 0 fully saturated rings. The van der Waals surface area contributed by atoms with Crippen molar-refractivity contribution in [3.05, 3.63) is 58.6 Å². The van der Waals surface area contributed by atoms with Crippen molar-refractivity contribution in [3.8, 4) is 11.5 Å². The average molecular weight is 473 g/mol. The van der Waals surface area contributed by atoms with Gasteiger partial charge in [0.2, 0.25) is 11.8 Å². The lowest BCUT2D eigenvalue weighted by Gasteiger charge is -2.31. The van der Waals surface area contributed by atoms with Crippen LogP contribution in [0.25, 0.3) is 0 Å². The topological polar surface area (TPSA) is 67.9 Å². The molecule has 7 heteroatoms. The molecule has 1 N–H and O–H groups in total. The first-order chi connectivity index (χ1) is 15.9. The van der Waals surface area contributed by atoms with Gasteiger partial charge in [-0.3, -0.25) is 9.59 Å². The fourth-order valence-electron chi connectivity index (χ4n) is 3.79. The molecule has 0 aromatic heterocycles. The summed E-state index contributed by atoms with van der Waals surface area (Å²) < 4.78 is 11.2. The molecule has 6 nitrogen and oxygen atoms in total. The van der Waals surface area contributed by atoms with Crippen LogP contribution in [0.2, 0.25) is 5.02 Å². The van der Waals surface area contributed by atoms with Crippen molar-refractivity contribution in [2.45, 2.75) is 65.1 Å². The molecule has 2 amide bonds. The monoisotopic (exact) mass is 472 g/mol. The number of ether oxygens (including phenoxy) is 2. The van der Waals surface area contributed by atoms with E-state index in [1.807, 2.05) is 51.1 Å². The van der Waals surface area contributed by atoms with Gasteiger partial charge in [-0.05, 0) is 61.6 Å². The Morgan fingerprint density at radius 3 is 2.33 bits per heavy atom. The standard InChI is InChI=1S/C26H33ClN2O4/c1-4-18(3)28-26(31)22(5-2)29(17-20-6-10-21(27)11-7-20)25(30)13-9-19-8-12-23-24(16-19)33-15-14-32-23/h6-8,10-12,16,18,22H,4-5,9,13-15,17H2,1-3H3,(H,28,31)/t18-,22-/m0/s1. The van der Waals surface area contributed by atoms with Crippen molar-refractivity contribution < 1.29 is 19.1 Å². The molecular formula is C26H33ClN2O4. The van der Waals surface area contributed by atoms with Gasteiger partial charge in [-0.25, -0.2) is 0 Å². The van der Waals surface area contributed by atoms with Crippen LogP contribution in [0.5, 0.6) is 11.5 Å². The molecule has 33 heavy (non-hydrogen) atoms. The van der Waals surface area contributed by atoms with Crippen LogP contribution in [-0.4, -0.2) is 42.0 Å². The third-order valence-corrected chi connectivity index (χ3v) is 6.14. The number of benzene rings is 2. The van der Waals surface area contributed by atoms with E-state index in [2.05, 4.69) is 5.32 Å². The molecule has 0 aliphatic carbocycles. The van der Waals surface area contributed by atoms with Gasteiger partial charge in [-0.1, -0.05) is 43.6 Å². The molecule has 1 aliphatic heterocycles. The van der Waals surface area contributed by atoms with Crippen LogP contribution >= 0.6 is 11.6 Å². The van der Waals surface area contributed by atoms with Gasteiger partial charge in [-0.15, -0.1) is 0 Å². The highest BCUT2D eigenvalue weighted by atomic mass is 35.5. The van der Waals surface area contributed by atoms with E-state index in [1.165, 1.54) is 0 Å². The molecule has 178 valence electrons. The third kappa shape index (κ3) is 6.87. The highest BCUT2D eigenvalue weighted by Gasteiger charge is 2.29. The Balaban J connectivity index is 1.75. The number of carbonyl (C=O) groups excluding carboxylic acids is 2. The molecule has 3 rings (SSSR count). The number of aryl methyl sites for hydroxylation is 1. The predicted octanol–water partition coefficient (Wildman–Crippen LogP) is 4.77. The smallest absolute Gasteiger partial charge is 0.243 e. The van der Waals surface area contributed by atoms with Gasteiger partial charge in [0, 0.05) is 24.0 Å². The van der Waals surface area contributed by atoms with Crippen molar-refractivity contribution >= 4 is 23.4 Å². The summed E-state index contributed by atoms with van der Waals surface area (Å²) in [5, 5.41) is 3.67. The number of nitrogens with zero attached hydrogens (tertiary/aromatic N) is 1. The summed E-state index contributed by atoms with van der Waals surface area (Å²) in [7, 11) is 0. The first-order valence-electron chi connectivity index (χ1n) is 11.6. The number of hydrogen-bond acceptors (Lipinski definition) is 4. The molecule has 0 bridgehead atoms. The maximum atomic E-state index is 13.4. The molecule has 2 atom stereocenters. The molecule has 0 unspecified atom stereocenters. The van der Waals surface area contributed by atoms with Gasteiger partial charge < -0.3 is 19.7 Å². The Bertz CT molecular complexity index is 948. The van der Waals surface area contributed by atoms with E-state index in [0.29, 0.717) is 49.8 Å². The maximum absolute atomic E-state index is 13.4. The predicted molar refractivity (Wildman–Crippen MR) is 130 cm³/mol. The van der Waals surface area contributed by atoms with Gasteiger partial charge in [-0.2, -0.15) is 0 Å². The fourth-order valence-corrected chi connectivity index (χ4v) is 3.91. The zero-order valence-electron chi connectivity index (χ0n) is 19.6. The van der Waals surface area contributed by atoms with Crippen molar-refractivity contribution in [1.82, 2.24) is 10.2 Å². The largest absolute Gasteiger partial charge is 0.486 e. The number of hydrogen-bond donors (Lipinski definition) is 1.